The molecule has 6 rings (SSSR count). The second kappa shape index (κ2) is 4.47. The van der Waals surface area contributed by atoms with Gasteiger partial charge in [0.25, 0.3) is 11.9 Å². The van der Waals surface area contributed by atoms with Crippen LogP contribution in [0.3, 0.4) is 0 Å². The fourth-order valence-corrected chi connectivity index (χ4v) is 5.97. The molecule has 0 aromatic carbocycles. The van der Waals surface area contributed by atoms with Crippen LogP contribution < -0.4 is 5.32 Å². The van der Waals surface area contributed by atoms with Crippen molar-refractivity contribution < 1.29 is 14.3 Å². The highest BCUT2D eigenvalue weighted by atomic mass is 16.6. The highest BCUT2D eigenvalue weighted by molar-refractivity contribution is 6.04. The molecule has 4 bridgehead atoms. The van der Waals surface area contributed by atoms with E-state index < -0.39 is 5.60 Å². The zero-order chi connectivity index (χ0) is 14.8. The molecule has 4 saturated carbocycles. The van der Waals surface area contributed by atoms with Gasteiger partial charge >= 0.3 is 0 Å². The Balaban J connectivity index is 1.41. The van der Waals surface area contributed by atoms with Crippen molar-refractivity contribution in [1.82, 2.24) is 5.32 Å². The first-order chi connectivity index (χ1) is 10.6. The smallest absolute Gasteiger partial charge is 0.293 e. The van der Waals surface area contributed by atoms with Gasteiger partial charge in [-0.05, 0) is 56.3 Å². The minimum absolute atomic E-state index is 0.0146. The molecule has 120 valence electrons. The van der Waals surface area contributed by atoms with Gasteiger partial charge in [0.1, 0.15) is 0 Å². The van der Waals surface area contributed by atoms with Crippen LogP contribution in [0.15, 0.2) is 4.99 Å². The molecule has 1 amide bonds. The van der Waals surface area contributed by atoms with E-state index in [9.17, 15) is 4.79 Å². The number of hydrogen-bond donors (Lipinski definition) is 1. The zero-order valence-corrected chi connectivity index (χ0v) is 13.0. The fourth-order valence-electron chi connectivity index (χ4n) is 5.97. The van der Waals surface area contributed by atoms with Crippen LogP contribution in [0.25, 0.3) is 0 Å². The highest BCUT2D eigenvalue weighted by Crippen LogP contribution is 2.57. The van der Waals surface area contributed by atoms with Crippen molar-refractivity contribution in [1.29, 1.82) is 0 Å². The van der Waals surface area contributed by atoms with E-state index in [0.717, 1.165) is 17.8 Å². The van der Waals surface area contributed by atoms with E-state index in [-0.39, 0.29) is 11.4 Å². The summed E-state index contributed by atoms with van der Waals surface area (Å²) in [6.07, 6.45) is 9.06. The number of nitrogens with zero attached hydrogens (tertiary/aromatic N) is 1. The van der Waals surface area contributed by atoms with Crippen molar-refractivity contribution in [3.05, 3.63) is 0 Å². The summed E-state index contributed by atoms with van der Waals surface area (Å²) in [4.78, 5) is 17.4. The summed E-state index contributed by atoms with van der Waals surface area (Å²) < 4.78 is 11.4. The average Bonchev–Trinajstić information content (AvgIpc) is 2.73. The Bertz CT molecular complexity index is 501. The Labute approximate surface area is 130 Å². The Morgan fingerprint density at radius 3 is 2.18 bits per heavy atom. The molecule has 22 heavy (non-hydrogen) atoms. The first kappa shape index (κ1) is 13.3. The topological polar surface area (TPSA) is 59.9 Å². The lowest BCUT2D eigenvalue weighted by atomic mass is 9.53. The Morgan fingerprint density at radius 2 is 1.59 bits per heavy atom. The van der Waals surface area contributed by atoms with Crippen LogP contribution in [0.1, 0.15) is 51.4 Å². The fraction of sp³-hybridized carbons (Fsp3) is 0.882. The minimum Gasteiger partial charge on any atom is -0.448 e. The predicted molar refractivity (Wildman–Crippen MR) is 80.3 cm³/mol. The lowest BCUT2D eigenvalue weighted by Crippen LogP contribution is -2.50. The van der Waals surface area contributed by atoms with Crippen LogP contribution in [-0.4, -0.2) is 36.3 Å². The summed E-state index contributed by atoms with van der Waals surface area (Å²) in [6.45, 7) is 1.19. The summed E-state index contributed by atoms with van der Waals surface area (Å²) in [7, 11) is 0. The summed E-state index contributed by atoms with van der Waals surface area (Å²) in [5.41, 5.74) is -0.659. The van der Waals surface area contributed by atoms with Crippen LogP contribution in [0.2, 0.25) is 0 Å². The van der Waals surface area contributed by atoms with Gasteiger partial charge in [-0.2, -0.15) is 0 Å². The van der Waals surface area contributed by atoms with E-state index in [0.29, 0.717) is 32.1 Å². The first-order valence-electron chi connectivity index (χ1n) is 8.83. The number of carbonyl (C=O) groups excluding carboxylic acids is 1. The van der Waals surface area contributed by atoms with Crippen molar-refractivity contribution in [2.75, 3.05) is 13.2 Å². The van der Waals surface area contributed by atoms with E-state index >= 15 is 0 Å². The van der Waals surface area contributed by atoms with Crippen molar-refractivity contribution in [2.45, 2.75) is 62.5 Å². The van der Waals surface area contributed by atoms with Gasteiger partial charge in [-0.3, -0.25) is 10.1 Å². The van der Waals surface area contributed by atoms with Crippen LogP contribution in [0.5, 0.6) is 0 Å². The number of aliphatic imine (C=N–C) groups is 1. The number of nitrogens with one attached hydrogen (secondary N) is 1. The summed E-state index contributed by atoms with van der Waals surface area (Å²) in [5, 5.41) is 2.92. The monoisotopic (exact) mass is 304 g/mol. The number of rotatable bonds is 1. The summed E-state index contributed by atoms with van der Waals surface area (Å²) >= 11 is 0. The molecule has 0 aromatic rings. The molecule has 6 fully saturated rings. The molecule has 4 aliphatic carbocycles. The molecule has 2 heterocycles. The molecule has 0 unspecified atom stereocenters. The standard InChI is InChI=1S/C17H24N2O3/c20-14-17(1-3-21-4-2-17)22-15(18-14)19-16-8-11-5-12(9-16)7-13(6-11)10-16/h11-13H,1-10H2,(H,18,19,20). The number of amides is 1. The third-order valence-electron chi connectivity index (χ3n) is 6.57. The molecule has 1 N–H and O–H groups in total. The largest absolute Gasteiger partial charge is 0.448 e. The van der Waals surface area contributed by atoms with Gasteiger partial charge < -0.3 is 9.47 Å². The SMILES string of the molecule is O=C1NC(=NC23CC4CC(CC(C4)C2)C3)OC12CCOCC2. The second-order valence-electron chi connectivity index (χ2n) is 8.22. The van der Waals surface area contributed by atoms with Gasteiger partial charge in [0.2, 0.25) is 0 Å². The Kier molecular flexibility index (Phi) is 2.71. The van der Waals surface area contributed by atoms with E-state index in [1.165, 1.54) is 38.5 Å². The first-order valence-corrected chi connectivity index (χ1v) is 8.83. The lowest BCUT2D eigenvalue weighted by Gasteiger charge is -2.54. The maximum Gasteiger partial charge on any atom is 0.293 e. The predicted octanol–water partition coefficient (Wildman–Crippen LogP) is 2.01. The van der Waals surface area contributed by atoms with Gasteiger partial charge in [-0.25, -0.2) is 4.99 Å². The molecule has 2 saturated heterocycles. The van der Waals surface area contributed by atoms with E-state index in [4.69, 9.17) is 14.5 Å². The highest BCUT2D eigenvalue weighted by Gasteiger charge is 2.53. The second-order valence-corrected chi connectivity index (χ2v) is 8.22. The molecule has 5 heteroatoms. The minimum atomic E-state index is -0.709. The third-order valence-corrected chi connectivity index (χ3v) is 6.57. The average molecular weight is 304 g/mol. The van der Waals surface area contributed by atoms with Crippen LogP contribution in [0, 0.1) is 17.8 Å². The summed E-state index contributed by atoms with van der Waals surface area (Å²) in [5.74, 6) is 2.54. The van der Waals surface area contributed by atoms with E-state index in [1.807, 2.05) is 0 Å². The van der Waals surface area contributed by atoms with Crippen LogP contribution >= 0.6 is 0 Å². The van der Waals surface area contributed by atoms with Crippen molar-refractivity contribution in [3.63, 3.8) is 0 Å². The number of ether oxygens (including phenoxy) is 2. The number of amidine groups is 1. The van der Waals surface area contributed by atoms with Crippen molar-refractivity contribution in [3.8, 4) is 0 Å². The molecular formula is C17H24N2O3. The zero-order valence-electron chi connectivity index (χ0n) is 13.0. The number of carbonyl (C=O) groups is 1. The molecule has 6 aliphatic rings. The van der Waals surface area contributed by atoms with Gasteiger partial charge in [0, 0.05) is 12.8 Å². The third kappa shape index (κ3) is 1.94. The number of hydrogen-bond acceptors (Lipinski definition) is 4. The molecular weight excluding hydrogens is 280 g/mol. The van der Waals surface area contributed by atoms with E-state index in [1.54, 1.807) is 0 Å². The van der Waals surface area contributed by atoms with Crippen LogP contribution in [-0.2, 0) is 14.3 Å². The molecule has 0 radical (unpaired) electrons. The van der Waals surface area contributed by atoms with Gasteiger partial charge in [-0.15, -0.1) is 0 Å². The molecule has 0 aromatic heterocycles. The van der Waals surface area contributed by atoms with Gasteiger partial charge in [0.05, 0.1) is 18.8 Å². The normalized spacial score (nSPS) is 47.0. The maximum atomic E-state index is 12.4. The molecule has 2 aliphatic heterocycles. The molecule has 5 nitrogen and oxygen atoms in total. The maximum absolute atomic E-state index is 12.4. The lowest BCUT2D eigenvalue weighted by molar-refractivity contribution is -0.138. The Hall–Kier alpha value is -1.10. The van der Waals surface area contributed by atoms with Crippen molar-refractivity contribution >= 4 is 11.9 Å². The quantitative estimate of drug-likeness (QED) is 0.806. The Morgan fingerprint density at radius 1 is 1.00 bits per heavy atom. The van der Waals surface area contributed by atoms with Crippen LogP contribution in [0.4, 0.5) is 0 Å². The van der Waals surface area contributed by atoms with Crippen molar-refractivity contribution in [2.24, 2.45) is 22.7 Å². The van der Waals surface area contributed by atoms with Gasteiger partial charge in [0.15, 0.2) is 5.60 Å². The molecule has 1 spiro atoms. The van der Waals surface area contributed by atoms with E-state index in [2.05, 4.69) is 5.32 Å². The van der Waals surface area contributed by atoms with Gasteiger partial charge in [-0.1, -0.05) is 0 Å². The molecule has 0 atom stereocenters. The summed E-state index contributed by atoms with van der Waals surface area (Å²) in [6, 6.07) is 0.494.